The zero-order chi connectivity index (χ0) is 21.1. The fourth-order valence-electron chi connectivity index (χ4n) is 2.01. The molecule has 0 unspecified atom stereocenters. The van der Waals surface area contributed by atoms with Crippen molar-refractivity contribution in [2.24, 2.45) is 0 Å². The molecule has 0 saturated carbocycles. The molecule has 0 aliphatic carbocycles. The third-order valence-corrected chi connectivity index (χ3v) is 5.87. The predicted molar refractivity (Wildman–Crippen MR) is 101 cm³/mol. The van der Waals surface area contributed by atoms with Gasteiger partial charge in [-0.25, -0.2) is 27.9 Å². The summed E-state index contributed by atoms with van der Waals surface area (Å²) in [5, 5.41) is 2.22. The van der Waals surface area contributed by atoms with Crippen molar-refractivity contribution in [2.75, 3.05) is 19.4 Å². The van der Waals surface area contributed by atoms with Crippen molar-refractivity contribution in [3.8, 4) is 5.75 Å². The second-order valence-corrected chi connectivity index (χ2v) is 9.21. The van der Waals surface area contributed by atoms with Gasteiger partial charge in [0.2, 0.25) is 5.95 Å². The molecule has 13 heteroatoms. The van der Waals surface area contributed by atoms with Gasteiger partial charge < -0.3 is 4.18 Å². The monoisotopic (exact) mass is 429 g/mol. The number of hydrogen-bond donors (Lipinski definition) is 2. The third kappa shape index (κ3) is 5.37. The zero-order valence-electron chi connectivity index (χ0n) is 15.5. The van der Waals surface area contributed by atoms with Crippen LogP contribution in [0.4, 0.5) is 10.7 Å². The average molecular weight is 429 g/mol. The fraction of sp³-hybridized carbons (Fsp3) is 0.267. The Morgan fingerprint density at radius 3 is 2.18 bits per heavy atom. The van der Waals surface area contributed by atoms with Crippen LogP contribution in [0.25, 0.3) is 0 Å². The molecule has 2 N–H and O–H groups in total. The third-order valence-electron chi connectivity index (χ3n) is 3.22. The first kappa shape index (κ1) is 21.5. The van der Waals surface area contributed by atoms with Crippen LogP contribution in [0.2, 0.25) is 0 Å². The fourth-order valence-corrected chi connectivity index (χ4v) is 3.63. The van der Waals surface area contributed by atoms with Gasteiger partial charge in [0, 0.05) is 25.5 Å². The summed E-state index contributed by atoms with van der Waals surface area (Å²) in [6, 6.07) is 5.57. The Labute approximate surface area is 163 Å². The number of nitrogens with zero attached hydrogens (tertiary/aromatic N) is 3. The van der Waals surface area contributed by atoms with Gasteiger partial charge in [0.15, 0.2) is 5.75 Å². The van der Waals surface area contributed by atoms with E-state index in [2.05, 4.69) is 15.3 Å². The highest BCUT2D eigenvalue weighted by Crippen LogP contribution is 2.25. The van der Waals surface area contributed by atoms with Gasteiger partial charge in [0.1, 0.15) is 4.90 Å². The van der Waals surface area contributed by atoms with Crippen molar-refractivity contribution >= 4 is 32.3 Å². The lowest BCUT2D eigenvalue weighted by molar-refractivity contribution is 0.256. The summed E-state index contributed by atoms with van der Waals surface area (Å²) in [6.07, 6.45) is 0. The molecule has 28 heavy (non-hydrogen) atoms. The van der Waals surface area contributed by atoms with Crippen LogP contribution in [0.15, 0.2) is 35.2 Å². The summed E-state index contributed by atoms with van der Waals surface area (Å²) in [6.45, 7) is 3.38. The Kier molecular flexibility index (Phi) is 6.21. The van der Waals surface area contributed by atoms with Gasteiger partial charge in [-0.05, 0) is 32.0 Å². The number of amides is 2. The van der Waals surface area contributed by atoms with Crippen molar-refractivity contribution in [1.82, 2.24) is 19.0 Å². The number of anilines is 1. The summed E-state index contributed by atoms with van der Waals surface area (Å²) in [5.74, 6) is -0.538. The lowest BCUT2D eigenvalue weighted by Gasteiger charge is -2.15. The summed E-state index contributed by atoms with van der Waals surface area (Å²) in [4.78, 5) is 19.5. The Balaban J connectivity index is 2.26. The molecular weight excluding hydrogens is 410 g/mol. The van der Waals surface area contributed by atoms with Gasteiger partial charge in [-0.15, -0.1) is 0 Å². The highest BCUT2D eigenvalue weighted by Gasteiger charge is 2.26. The summed E-state index contributed by atoms with van der Waals surface area (Å²) >= 11 is 0. The van der Waals surface area contributed by atoms with Crippen LogP contribution < -0.4 is 14.2 Å². The molecule has 0 atom stereocenters. The number of rotatable bonds is 6. The van der Waals surface area contributed by atoms with Crippen LogP contribution in [0.1, 0.15) is 11.4 Å². The van der Waals surface area contributed by atoms with Crippen molar-refractivity contribution in [1.29, 1.82) is 0 Å². The van der Waals surface area contributed by atoms with Gasteiger partial charge in [-0.1, -0.05) is 12.1 Å². The van der Waals surface area contributed by atoms with Gasteiger partial charge in [-0.3, -0.25) is 5.32 Å². The predicted octanol–water partition coefficient (Wildman–Crippen LogP) is 0.789. The first-order valence-corrected chi connectivity index (χ1v) is 10.6. The molecule has 0 radical (unpaired) electrons. The molecule has 2 amide bonds. The standard InChI is InChI=1S/C15H19N5O6S2/c1-10-9-11(2)17-14(16-10)18-15(21)19-27(22,23)13-8-6-5-7-12(13)26-28(24,25)20(3)4/h5-9H,1-4H3,(H2,16,17,18,19,21). The molecule has 1 aromatic carbocycles. The van der Waals surface area contributed by atoms with E-state index in [0.717, 1.165) is 16.4 Å². The number of aromatic nitrogens is 2. The quantitative estimate of drug-likeness (QED) is 0.685. The molecule has 1 aromatic heterocycles. The van der Waals surface area contributed by atoms with E-state index in [9.17, 15) is 21.6 Å². The number of para-hydroxylation sites is 1. The minimum Gasteiger partial charge on any atom is -0.369 e. The van der Waals surface area contributed by atoms with Crippen LogP contribution in [0.5, 0.6) is 5.75 Å². The molecule has 11 nitrogen and oxygen atoms in total. The van der Waals surface area contributed by atoms with E-state index in [1.54, 1.807) is 24.6 Å². The Bertz CT molecular complexity index is 1080. The minimum absolute atomic E-state index is 0.0788. The van der Waals surface area contributed by atoms with Gasteiger partial charge in [0.05, 0.1) is 0 Å². The largest absolute Gasteiger partial charge is 0.384 e. The first-order chi connectivity index (χ1) is 12.9. The van der Waals surface area contributed by atoms with Crippen LogP contribution in [-0.2, 0) is 20.3 Å². The number of benzene rings is 1. The van der Waals surface area contributed by atoms with Crippen molar-refractivity contribution < 1.29 is 25.8 Å². The highest BCUT2D eigenvalue weighted by atomic mass is 32.2. The van der Waals surface area contributed by atoms with E-state index in [4.69, 9.17) is 4.18 Å². The van der Waals surface area contributed by atoms with Gasteiger partial charge in [0.25, 0.3) is 10.0 Å². The van der Waals surface area contributed by atoms with Crippen LogP contribution in [0.3, 0.4) is 0 Å². The number of carbonyl (C=O) groups is 1. The topological polar surface area (TPSA) is 148 Å². The van der Waals surface area contributed by atoms with Crippen LogP contribution >= 0.6 is 0 Å². The molecule has 0 spiro atoms. The second-order valence-electron chi connectivity index (χ2n) is 5.80. The van der Waals surface area contributed by atoms with Crippen LogP contribution in [-0.4, -0.2) is 51.2 Å². The molecule has 0 aliphatic rings. The molecule has 0 aliphatic heterocycles. The molecule has 0 bridgehead atoms. The molecular formula is C15H19N5O6S2. The SMILES string of the molecule is Cc1cc(C)nc(NC(=O)NS(=O)(=O)c2ccccc2OS(=O)(=O)N(C)C)n1. The van der Waals surface area contributed by atoms with Gasteiger partial charge in [-0.2, -0.15) is 12.7 Å². The zero-order valence-corrected chi connectivity index (χ0v) is 17.1. The molecule has 0 fully saturated rings. The summed E-state index contributed by atoms with van der Waals surface area (Å²) in [5.41, 5.74) is 1.16. The van der Waals surface area contributed by atoms with Gasteiger partial charge >= 0.3 is 16.3 Å². The van der Waals surface area contributed by atoms with Crippen molar-refractivity contribution in [3.05, 3.63) is 41.7 Å². The maximum Gasteiger partial charge on any atom is 0.384 e. The smallest absolute Gasteiger partial charge is 0.369 e. The number of sulfonamides is 1. The summed E-state index contributed by atoms with van der Waals surface area (Å²) < 4.78 is 56.3. The van der Waals surface area contributed by atoms with E-state index >= 15 is 0 Å². The van der Waals surface area contributed by atoms with E-state index in [1.807, 2.05) is 0 Å². The molecule has 1 heterocycles. The normalized spacial score (nSPS) is 11.9. The van der Waals surface area contributed by atoms with Crippen molar-refractivity contribution in [2.45, 2.75) is 18.7 Å². The first-order valence-electron chi connectivity index (χ1n) is 7.78. The molecule has 2 rings (SSSR count). The van der Waals surface area contributed by atoms with E-state index < -0.39 is 37.0 Å². The number of carbonyl (C=O) groups excluding carboxylic acids is 1. The maximum absolute atomic E-state index is 12.5. The highest BCUT2D eigenvalue weighted by molar-refractivity contribution is 7.90. The lowest BCUT2D eigenvalue weighted by Crippen LogP contribution is -2.35. The van der Waals surface area contributed by atoms with E-state index in [0.29, 0.717) is 11.4 Å². The van der Waals surface area contributed by atoms with Crippen molar-refractivity contribution in [3.63, 3.8) is 0 Å². The number of urea groups is 1. The average Bonchev–Trinajstić information content (AvgIpc) is 2.52. The Morgan fingerprint density at radius 1 is 1.04 bits per heavy atom. The second kappa shape index (κ2) is 8.08. The number of nitrogens with one attached hydrogen (secondary N) is 2. The number of hydrogen-bond acceptors (Lipinski definition) is 8. The molecule has 2 aromatic rings. The maximum atomic E-state index is 12.5. The Hall–Kier alpha value is -2.77. The van der Waals surface area contributed by atoms with E-state index in [-0.39, 0.29) is 5.95 Å². The van der Waals surface area contributed by atoms with E-state index in [1.165, 1.54) is 26.2 Å². The summed E-state index contributed by atoms with van der Waals surface area (Å²) in [7, 11) is -6.21. The molecule has 0 saturated heterocycles. The Morgan fingerprint density at radius 2 is 1.61 bits per heavy atom. The molecule has 152 valence electrons. The minimum atomic E-state index is -4.45. The number of aryl methyl sites for hydroxylation is 2. The lowest BCUT2D eigenvalue weighted by atomic mass is 10.3. The van der Waals surface area contributed by atoms with Crippen LogP contribution in [0, 0.1) is 13.8 Å².